The summed E-state index contributed by atoms with van der Waals surface area (Å²) >= 11 is 0. The highest BCUT2D eigenvalue weighted by molar-refractivity contribution is 6.05. The Kier molecular flexibility index (Phi) is 3.20. The number of hydrogen-bond donors (Lipinski definition) is 0. The van der Waals surface area contributed by atoms with Gasteiger partial charge >= 0.3 is 0 Å². The van der Waals surface area contributed by atoms with Crippen molar-refractivity contribution in [1.29, 1.82) is 5.26 Å². The monoisotopic (exact) mass is 361 g/mol. The largest absolute Gasteiger partial charge is 0.309 e. The number of aromatic nitrogens is 5. The van der Waals surface area contributed by atoms with Crippen molar-refractivity contribution in [2.45, 2.75) is 19.8 Å². The average Bonchev–Trinajstić information content (AvgIpc) is 3.16. The van der Waals surface area contributed by atoms with Crippen molar-refractivity contribution in [3.63, 3.8) is 0 Å². The Labute approximate surface area is 156 Å². The number of fused-ring (bicyclic) bond motifs is 1. The summed E-state index contributed by atoms with van der Waals surface area (Å²) < 4.78 is 3.39. The highest BCUT2D eigenvalue weighted by Crippen LogP contribution is 2.54. The van der Waals surface area contributed by atoms with Gasteiger partial charge in [-0.25, -0.2) is 9.50 Å². The minimum atomic E-state index is -0.891. The van der Waals surface area contributed by atoms with Crippen LogP contribution in [-0.2, 0) is 11.8 Å². The van der Waals surface area contributed by atoms with E-state index < -0.39 is 5.41 Å². The van der Waals surface area contributed by atoms with Crippen molar-refractivity contribution in [3.8, 4) is 17.5 Å². The highest BCUT2D eigenvalue weighted by Gasteiger charge is 2.61. The van der Waals surface area contributed by atoms with Crippen LogP contribution < -0.4 is 4.90 Å². The second kappa shape index (κ2) is 5.39. The second-order valence-electron chi connectivity index (χ2n) is 7.59. The van der Waals surface area contributed by atoms with Crippen LogP contribution in [0.2, 0.25) is 0 Å². The normalized spacial score (nSPS) is 25.3. The molecule has 0 spiro atoms. The molecule has 1 amide bonds. The maximum atomic E-state index is 13.3. The minimum absolute atomic E-state index is 0.00241. The van der Waals surface area contributed by atoms with Gasteiger partial charge in [-0.3, -0.25) is 9.48 Å². The fourth-order valence-corrected chi connectivity index (χ4v) is 4.33. The minimum Gasteiger partial charge on any atom is -0.309 e. The van der Waals surface area contributed by atoms with Crippen molar-refractivity contribution in [2.24, 2.45) is 24.3 Å². The number of aryl methyl sites for hydroxylation is 1. The third kappa shape index (κ3) is 2.14. The van der Waals surface area contributed by atoms with E-state index in [1.54, 1.807) is 26.6 Å². The van der Waals surface area contributed by atoms with Crippen LogP contribution in [0.15, 0.2) is 30.9 Å². The Hall–Kier alpha value is -3.21. The molecular formula is C19H19N7O. The molecule has 0 N–H and O–H groups in total. The van der Waals surface area contributed by atoms with E-state index in [4.69, 9.17) is 0 Å². The Morgan fingerprint density at radius 2 is 2.19 bits per heavy atom. The van der Waals surface area contributed by atoms with E-state index in [0.717, 1.165) is 29.6 Å². The zero-order valence-corrected chi connectivity index (χ0v) is 15.2. The van der Waals surface area contributed by atoms with Gasteiger partial charge in [0.05, 0.1) is 17.3 Å². The number of anilines is 1. The molecule has 3 aromatic heterocycles. The third-order valence-electron chi connectivity index (χ3n) is 5.87. The van der Waals surface area contributed by atoms with Crippen LogP contribution in [-0.4, -0.2) is 36.8 Å². The van der Waals surface area contributed by atoms with Crippen molar-refractivity contribution in [2.75, 3.05) is 11.4 Å². The molecule has 4 heterocycles. The molecule has 1 saturated heterocycles. The van der Waals surface area contributed by atoms with Gasteiger partial charge in [-0.1, -0.05) is 6.92 Å². The van der Waals surface area contributed by atoms with Gasteiger partial charge in [0, 0.05) is 37.5 Å². The first-order valence-corrected chi connectivity index (χ1v) is 9.11. The van der Waals surface area contributed by atoms with E-state index in [1.165, 1.54) is 0 Å². The summed E-state index contributed by atoms with van der Waals surface area (Å²) in [5.41, 5.74) is 1.54. The second-order valence-corrected chi connectivity index (χ2v) is 7.59. The zero-order chi connectivity index (χ0) is 18.8. The Morgan fingerprint density at radius 1 is 1.37 bits per heavy atom. The zero-order valence-electron chi connectivity index (χ0n) is 15.2. The fraction of sp³-hybridized carbons (Fsp3) is 0.421. The molecule has 2 fully saturated rings. The molecule has 0 unspecified atom stereocenters. The van der Waals surface area contributed by atoms with Crippen molar-refractivity contribution < 1.29 is 4.79 Å². The lowest BCUT2D eigenvalue weighted by atomic mass is 9.75. The summed E-state index contributed by atoms with van der Waals surface area (Å²) in [4.78, 5) is 19.4. The number of rotatable bonds is 3. The smallest absolute Gasteiger partial charge is 0.248 e. The molecule has 1 saturated carbocycles. The van der Waals surface area contributed by atoms with Crippen molar-refractivity contribution in [1.82, 2.24) is 24.4 Å². The number of nitrogens with zero attached hydrogens (tertiary/aromatic N) is 7. The Balaban J connectivity index is 1.60. The SMILES string of the molecule is C[C@@H]1CN(c2ccnn3cc(-c4ncn(C)n4)cc23)C(=O)[C@]1(C#N)C1CC1. The van der Waals surface area contributed by atoms with E-state index in [0.29, 0.717) is 12.4 Å². The quantitative estimate of drug-likeness (QED) is 0.712. The topological polar surface area (TPSA) is 92.1 Å². The molecule has 136 valence electrons. The first kappa shape index (κ1) is 16.0. The Bertz CT molecular complexity index is 1100. The molecule has 0 bridgehead atoms. The molecule has 27 heavy (non-hydrogen) atoms. The predicted molar refractivity (Wildman–Crippen MR) is 97.5 cm³/mol. The molecule has 0 radical (unpaired) electrons. The standard InChI is InChI=1S/C19H19N7O/c1-12-8-25(18(27)19(12,10-20)14-3-4-14)15-5-6-22-26-9-13(7-16(15)26)17-21-11-24(2)23-17/h5-7,9,11-12,14H,3-4,8H2,1-2H3/t12-,19+/m1/s1. The Morgan fingerprint density at radius 3 is 2.85 bits per heavy atom. The van der Waals surface area contributed by atoms with Crippen LogP contribution in [0.4, 0.5) is 5.69 Å². The molecule has 8 nitrogen and oxygen atoms in total. The van der Waals surface area contributed by atoms with Gasteiger partial charge in [-0.2, -0.15) is 15.5 Å². The molecule has 1 aliphatic heterocycles. The summed E-state index contributed by atoms with van der Waals surface area (Å²) in [6.07, 6.45) is 7.11. The van der Waals surface area contributed by atoms with E-state index in [2.05, 4.69) is 21.3 Å². The van der Waals surface area contributed by atoms with Gasteiger partial charge in [-0.15, -0.1) is 0 Å². The molecule has 3 aromatic rings. The van der Waals surface area contributed by atoms with Gasteiger partial charge in [0.1, 0.15) is 11.7 Å². The maximum absolute atomic E-state index is 13.3. The summed E-state index contributed by atoms with van der Waals surface area (Å²) in [6, 6.07) is 6.17. The number of nitriles is 1. The lowest BCUT2D eigenvalue weighted by Crippen LogP contribution is -2.37. The third-order valence-corrected chi connectivity index (χ3v) is 5.87. The van der Waals surface area contributed by atoms with Gasteiger partial charge < -0.3 is 4.90 Å². The van der Waals surface area contributed by atoms with E-state index in [1.807, 2.05) is 32.3 Å². The summed E-state index contributed by atoms with van der Waals surface area (Å²) in [5, 5.41) is 18.6. The molecular weight excluding hydrogens is 342 g/mol. The predicted octanol–water partition coefficient (Wildman–Crippen LogP) is 2.03. The first-order valence-electron chi connectivity index (χ1n) is 9.11. The number of hydrogen-bond acceptors (Lipinski definition) is 5. The van der Waals surface area contributed by atoms with Gasteiger partial charge in [0.2, 0.25) is 5.91 Å². The van der Waals surface area contributed by atoms with Crippen LogP contribution in [0.1, 0.15) is 19.8 Å². The average molecular weight is 361 g/mol. The number of carbonyl (C=O) groups is 1. The molecule has 1 aliphatic carbocycles. The number of amides is 1. The van der Waals surface area contributed by atoms with Crippen molar-refractivity contribution >= 4 is 17.1 Å². The lowest BCUT2D eigenvalue weighted by Gasteiger charge is -2.23. The van der Waals surface area contributed by atoms with Gasteiger partial charge in [-0.05, 0) is 30.9 Å². The summed E-state index contributed by atoms with van der Waals surface area (Å²) in [5.74, 6) is 0.724. The molecule has 0 aromatic carbocycles. The van der Waals surface area contributed by atoms with Gasteiger partial charge in [0.15, 0.2) is 5.82 Å². The van der Waals surface area contributed by atoms with E-state index in [-0.39, 0.29) is 17.7 Å². The van der Waals surface area contributed by atoms with Crippen LogP contribution in [0.3, 0.4) is 0 Å². The number of carbonyl (C=O) groups excluding carboxylic acids is 1. The van der Waals surface area contributed by atoms with Crippen LogP contribution >= 0.6 is 0 Å². The van der Waals surface area contributed by atoms with Gasteiger partial charge in [0.25, 0.3) is 0 Å². The fourth-order valence-electron chi connectivity index (χ4n) is 4.33. The first-order chi connectivity index (χ1) is 13.0. The highest BCUT2D eigenvalue weighted by atomic mass is 16.2. The van der Waals surface area contributed by atoms with E-state index >= 15 is 0 Å². The molecule has 8 heteroatoms. The summed E-state index contributed by atoms with van der Waals surface area (Å²) in [6.45, 7) is 2.56. The maximum Gasteiger partial charge on any atom is 0.248 e. The van der Waals surface area contributed by atoms with Crippen LogP contribution in [0.25, 0.3) is 16.9 Å². The molecule has 2 atom stereocenters. The van der Waals surface area contributed by atoms with Crippen LogP contribution in [0, 0.1) is 28.6 Å². The lowest BCUT2D eigenvalue weighted by molar-refractivity contribution is -0.124. The summed E-state index contributed by atoms with van der Waals surface area (Å²) in [7, 11) is 1.82. The van der Waals surface area contributed by atoms with Crippen LogP contribution in [0.5, 0.6) is 0 Å². The van der Waals surface area contributed by atoms with Crippen molar-refractivity contribution in [3.05, 3.63) is 30.9 Å². The van der Waals surface area contributed by atoms with E-state index in [9.17, 15) is 10.1 Å². The molecule has 5 rings (SSSR count). The molecule has 2 aliphatic rings.